The number of ketones is 3. The Morgan fingerprint density at radius 3 is 2.29 bits per heavy atom. The molecule has 406 valence electrons. The zero-order chi connectivity index (χ0) is 53.3. The molecule has 2 saturated heterocycles. The largest absolute Gasteiger partial charge is 0.508 e. The minimum Gasteiger partial charge on any atom is -0.460 e. The summed E-state index contributed by atoms with van der Waals surface area (Å²) < 4.78 is 40.3. The van der Waals surface area contributed by atoms with Gasteiger partial charge in [0, 0.05) is 71.5 Å². The molecule has 4 rings (SSSR count). The second-order valence-corrected chi connectivity index (χ2v) is 20.9. The lowest BCUT2D eigenvalue weighted by molar-refractivity contribution is -0.265. The Hall–Kier alpha value is -4.10. The Kier molecular flexibility index (Phi) is 24.4. The molecule has 0 aromatic carbocycles. The predicted molar refractivity (Wildman–Crippen MR) is 267 cm³/mol. The molecule has 1 amide bonds. The number of methoxy groups -OCH3 is 3. The van der Waals surface area contributed by atoms with Crippen LogP contribution in [0.5, 0.6) is 0 Å². The molecule has 72 heavy (non-hydrogen) atoms. The molecule has 3 N–H and O–H groups in total. The van der Waals surface area contributed by atoms with Gasteiger partial charge in [0.2, 0.25) is 5.79 Å². The number of aliphatic hydroxyl groups is 3. The molecule has 0 aromatic rings. The lowest BCUT2D eigenvalue weighted by Crippen LogP contribution is -2.61. The van der Waals surface area contributed by atoms with Crippen LogP contribution in [-0.2, 0) is 57.1 Å². The molecule has 15 atom stereocenters. The van der Waals surface area contributed by atoms with Gasteiger partial charge in [-0.1, -0.05) is 71.1 Å². The first-order valence-electron chi connectivity index (χ1n) is 26.1. The lowest BCUT2D eigenvalue weighted by atomic mass is 9.78. The summed E-state index contributed by atoms with van der Waals surface area (Å²) in [6.45, 7) is 12.5. The van der Waals surface area contributed by atoms with Gasteiger partial charge in [0.25, 0.3) is 11.7 Å². The van der Waals surface area contributed by atoms with Gasteiger partial charge in [-0.15, -0.1) is 0 Å². The molecule has 0 radical (unpaired) electrons. The van der Waals surface area contributed by atoms with Crippen LogP contribution in [0.2, 0.25) is 0 Å². The van der Waals surface area contributed by atoms with E-state index in [0.717, 1.165) is 5.57 Å². The monoisotopic (exact) mass is 1020 g/mol. The van der Waals surface area contributed by atoms with Crippen molar-refractivity contribution in [3.63, 3.8) is 0 Å². The van der Waals surface area contributed by atoms with Crippen LogP contribution >= 0.6 is 0 Å². The van der Waals surface area contributed by atoms with Gasteiger partial charge in [-0.25, -0.2) is 9.59 Å². The van der Waals surface area contributed by atoms with Gasteiger partial charge in [-0.3, -0.25) is 19.2 Å². The molecule has 0 unspecified atom stereocenters. The maximum atomic E-state index is 14.5. The lowest BCUT2D eigenvalue weighted by Gasteiger charge is -2.42. The Labute approximate surface area is 427 Å². The standard InChI is InChI=1S/C55H85NO16/c1-33-17-12-11-13-18-34(2)45(66-8)31-41-22-20-39(7)55(65,72-41)51(61)52(62)56-24-15-14-19-42(56)53(63)70-46(32-43(58)35(3)28-38(6)49(60)50(68-10)48(59)37(5)27-33)36(4)29-40-21-23-44(47(30-40)67-9)71-54(64)69-26-16-25-57/h11-13,17-18,28,33,35-37,39-42,44-47,49-50,57,60,65H,14-16,19-27,29-32H2,1-10H3/b13-11?,17-12+,34-18?,38-28+/t33-,35-,36-,37-,39-,40+,41+,42+,44-,45+,46+,47-,49-,50+,55-/m1/s1. The molecule has 1 aliphatic carbocycles. The normalized spacial score (nSPS) is 36.3. The van der Waals surface area contributed by atoms with Crippen LogP contribution in [0.15, 0.2) is 47.6 Å². The number of hydrogen-bond donors (Lipinski definition) is 3. The van der Waals surface area contributed by atoms with Crippen LogP contribution in [0.1, 0.15) is 132 Å². The first-order chi connectivity index (χ1) is 34.2. The number of rotatable bonds is 10. The Morgan fingerprint density at radius 1 is 0.875 bits per heavy atom. The molecular formula is C55H85NO16. The highest BCUT2D eigenvalue weighted by Crippen LogP contribution is 2.38. The third-order valence-electron chi connectivity index (χ3n) is 15.2. The molecule has 1 saturated carbocycles. The van der Waals surface area contributed by atoms with E-state index in [2.05, 4.69) is 0 Å². The van der Waals surface area contributed by atoms with Crippen molar-refractivity contribution in [2.24, 2.45) is 35.5 Å². The van der Waals surface area contributed by atoms with Crippen LogP contribution in [0.4, 0.5) is 4.79 Å². The average molecular weight is 1020 g/mol. The third-order valence-corrected chi connectivity index (χ3v) is 15.2. The van der Waals surface area contributed by atoms with E-state index < -0.39 is 102 Å². The second kappa shape index (κ2) is 29.1. The van der Waals surface area contributed by atoms with E-state index in [1.54, 1.807) is 40.9 Å². The first kappa shape index (κ1) is 60.5. The van der Waals surface area contributed by atoms with Crippen LogP contribution in [0, 0.1) is 35.5 Å². The predicted octanol–water partition coefficient (Wildman–Crippen LogP) is 6.72. The number of allylic oxidation sites excluding steroid dienone is 6. The van der Waals surface area contributed by atoms with Crippen molar-refractivity contribution in [2.45, 2.75) is 186 Å². The quantitative estimate of drug-likeness (QED) is 0.0892. The molecule has 3 aliphatic heterocycles. The maximum absolute atomic E-state index is 14.5. The maximum Gasteiger partial charge on any atom is 0.508 e. The van der Waals surface area contributed by atoms with E-state index in [1.165, 1.54) is 19.1 Å². The molecule has 3 fully saturated rings. The van der Waals surface area contributed by atoms with Crippen molar-refractivity contribution in [3.8, 4) is 0 Å². The van der Waals surface area contributed by atoms with Crippen LogP contribution in [0.3, 0.4) is 0 Å². The number of fused-ring (bicyclic) bond motifs is 3. The number of esters is 1. The molecule has 3 heterocycles. The van der Waals surface area contributed by atoms with E-state index in [-0.39, 0.29) is 62.4 Å². The molecule has 2 bridgehead atoms. The second-order valence-electron chi connectivity index (χ2n) is 20.9. The van der Waals surface area contributed by atoms with Gasteiger partial charge in [0.1, 0.15) is 36.2 Å². The zero-order valence-corrected chi connectivity index (χ0v) is 44.5. The summed E-state index contributed by atoms with van der Waals surface area (Å²) in [7, 11) is 4.46. The van der Waals surface area contributed by atoms with Crippen LogP contribution in [-0.4, -0.2) is 151 Å². The number of cyclic esters (lactones) is 1. The highest BCUT2D eigenvalue weighted by molar-refractivity contribution is 6.39. The Balaban J connectivity index is 1.68. The Bertz CT molecular complexity index is 1950. The fourth-order valence-corrected chi connectivity index (χ4v) is 10.6. The van der Waals surface area contributed by atoms with E-state index in [4.69, 9.17) is 38.3 Å². The zero-order valence-electron chi connectivity index (χ0n) is 44.5. The van der Waals surface area contributed by atoms with Gasteiger partial charge in [0.15, 0.2) is 5.78 Å². The minimum atomic E-state index is -2.46. The summed E-state index contributed by atoms with van der Waals surface area (Å²) in [5.41, 5.74) is 1.22. The van der Waals surface area contributed by atoms with E-state index >= 15 is 0 Å². The van der Waals surface area contributed by atoms with Gasteiger partial charge >= 0.3 is 12.1 Å². The van der Waals surface area contributed by atoms with Crippen molar-refractivity contribution in [1.82, 2.24) is 4.90 Å². The summed E-state index contributed by atoms with van der Waals surface area (Å²) in [5, 5.41) is 32.5. The number of carbonyl (C=O) groups is 6. The number of piperidine rings is 1. The fraction of sp³-hybridized carbons (Fsp3) is 0.745. The van der Waals surface area contributed by atoms with Crippen LogP contribution < -0.4 is 0 Å². The number of Topliss-reactive ketones (excluding diaryl/α,β-unsaturated/α-hetero) is 3. The molecule has 17 nitrogen and oxygen atoms in total. The first-order valence-corrected chi connectivity index (χ1v) is 26.1. The van der Waals surface area contributed by atoms with Gasteiger partial charge in [-0.2, -0.15) is 0 Å². The van der Waals surface area contributed by atoms with E-state index in [1.807, 2.05) is 51.2 Å². The van der Waals surface area contributed by atoms with Crippen molar-refractivity contribution in [2.75, 3.05) is 41.1 Å². The van der Waals surface area contributed by atoms with Gasteiger partial charge in [0.05, 0.1) is 24.9 Å². The number of hydrogen-bond acceptors (Lipinski definition) is 16. The molecular weight excluding hydrogens is 931 g/mol. The van der Waals surface area contributed by atoms with Crippen molar-refractivity contribution in [1.29, 1.82) is 0 Å². The average Bonchev–Trinajstić information content (AvgIpc) is 3.35. The highest BCUT2D eigenvalue weighted by Gasteiger charge is 2.53. The SMILES string of the molecule is CO[C@H]1C[C@@H]2CC[C@@H](C)[C@@](O)(O2)C(=O)C(=O)N2CCCC[C@H]2C(=O)O[C@H]([C@H](C)C[C@@H]2CC[C@@H](OC(=O)OCCCO)[C@H](OC)C2)CC(=O)[C@H](C)/C=C(\C)[C@@H](O)[C@@H](OC)C(=O)[C@H](C)C[C@H](C)/C=C/C=CC=C1C. The number of ether oxygens (including phenoxy) is 7. The smallest absolute Gasteiger partial charge is 0.460 e. The van der Waals surface area contributed by atoms with E-state index in [0.29, 0.717) is 69.8 Å². The number of nitrogens with zero attached hydrogens (tertiary/aromatic N) is 1. The van der Waals surface area contributed by atoms with E-state index in [9.17, 15) is 39.0 Å². The Morgan fingerprint density at radius 2 is 1.61 bits per heavy atom. The number of amides is 1. The van der Waals surface area contributed by atoms with Crippen molar-refractivity contribution in [3.05, 3.63) is 47.6 Å². The molecule has 4 aliphatic rings. The van der Waals surface area contributed by atoms with Crippen LogP contribution in [0.25, 0.3) is 0 Å². The molecule has 0 aromatic heterocycles. The summed E-state index contributed by atoms with van der Waals surface area (Å²) in [6.07, 6.45) is 9.65. The summed E-state index contributed by atoms with van der Waals surface area (Å²) in [5.74, 6) is -8.45. The topological polar surface area (TPSA) is 231 Å². The minimum absolute atomic E-state index is 0.000776. The number of carbonyl (C=O) groups excluding carboxylic acids is 6. The van der Waals surface area contributed by atoms with Gasteiger partial charge < -0.3 is 53.4 Å². The summed E-state index contributed by atoms with van der Waals surface area (Å²) >= 11 is 0. The summed E-state index contributed by atoms with van der Waals surface area (Å²) in [4.78, 5) is 84.7. The highest BCUT2D eigenvalue weighted by atomic mass is 16.7. The molecule has 0 spiro atoms. The van der Waals surface area contributed by atoms with Crippen molar-refractivity contribution >= 4 is 35.4 Å². The van der Waals surface area contributed by atoms with Crippen molar-refractivity contribution < 1.29 is 77.2 Å². The molecule has 17 heteroatoms. The van der Waals surface area contributed by atoms with Gasteiger partial charge in [-0.05, 0) is 107 Å². The summed E-state index contributed by atoms with van der Waals surface area (Å²) in [6, 6.07) is -1.19. The third kappa shape index (κ3) is 16.7. The fourth-order valence-electron chi connectivity index (χ4n) is 10.6. The number of aliphatic hydroxyl groups excluding tert-OH is 2.